The molecule has 1 aliphatic heterocycles. The van der Waals surface area contributed by atoms with Crippen LogP contribution >= 0.6 is 0 Å². The Bertz CT molecular complexity index is 1100. The van der Waals surface area contributed by atoms with E-state index < -0.39 is 0 Å². The zero-order valence-electron chi connectivity index (χ0n) is 15.5. The fraction of sp³-hybridized carbons (Fsp3) is 0.0800. The molecule has 0 spiro atoms. The molecule has 0 unspecified atom stereocenters. The molecule has 4 aromatic carbocycles. The van der Waals surface area contributed by atoms with E-state index in [2.05, 4.69) is 116 Å². The number of fused-ring (bicyclic) bond motifs is 2. The molecule has 1 heterocycles. The van der Waals surface area contributed by atoms with Gasteiger partial charge in [-0.05, 0) is 35.7 Å². The quantitative estimate of drug-likeness (QED) is 0.413. The van der Waals surface area contributed by atoms with Crippen molar-refractivity contribution < 1.29 is 0 Å². The summed E-state index contributed by atoms with van der Waals surface area (Å²) in [6, 6.07) is 25.8. The molecule has 1 aliphatic rings. The molecule has 5 rings (SSSR count). The molecular weight excluding hydrogens is 328 g/mol. The Hall–Kier alpha value is -3.26. The highest BCUT2D eigenvalue weighted by molar-refractivity contribution is 5.99. The lowest BCUT2D eigenvalue weighted by molar-refractivity contribution is 1.11. The van der Waals surface area contributed by atoms with Gasteiger partial charge in [-0.3, -0.25) is 0 Å². The van der Waals surface area contributed by atoms with Crippen LogP contribution < -0.4 is 9.80 Å². The molecule has 0 saturated carbocycles. The second-order valence-electron chi connectivity index (χ2n) is 7.04. The van der Waals surface area contributed by atoms with Crippen LogP contribution in [0.2, 0.25) is 0 Å². The highest BCUT2D eigenvalue weighted by atomic mass is 15.3. The van der Waals surface area contributed by atoms with Crippen molar-refractivity contribution in [2.24, 2.45) is 0 Å². The first-order chi connectivity index (χ1) is 13.2. The second-order valence-corrected chi connectivity index (χ2v) is 7.04. The molecular formula is C25H20N2. The number of hydrogen-bond donors (Lipinski definition) is 0. The van der Waals surface area contributed by atoms with E-state index in [0.717, 1.165) is 0 Å². The standard InChI is InChI=1S/C25H20N2/c1-18-11-13-20-7-3-5-9-22(20)24(18)26-15-16-27(17-26)25-19(2)12-14-21-8-4-6-10-23(21)25/h3-16H,1-2H3. The van der Waals surface area contributed by atoms with Gasteiger partial charge in [0.1, 0.15) is 0 Å². The predicted molar refractivity (Wildman–Crippen MR) is 115 cm³/mol. The molecule has 2 radical (unpaired) electrons. The molecule has 0 aliphatic carbocycles. The Morgan fingerprint density at radius 1 is 0.556 bits per heavy atom. The SMILES string of the molecule is Cc1ccc2ccccc2c1N1[C]N(c2c(C)ccc3ccccc23)C=C1. The van der Waals surface area contributed by atoms with Gasteiger partial charge in [0.15, 0.2) is 0 Å². The van der Waals surface area contributed by atoms with E-state index in [1.807, 2.05) is 0 Å². The molecule has 0 fully saturated rings. The van der Waals surface area contributed by atoms with Gasteiger partial charge in [-0.1, -0.05) is 72.8 Å². The Morgan fingerprint density at radius 2 is 1.00 bits per heavy atom. The molecule has 0 bridgehead atoms. The molecule has 4 aromatic rings. The zero-order valence-corrected chi connectivity index (χ0v) is 15.5. The molecule has 0 amide bonds. The van der Waals surface area contributed by atoms with Gasteiger partial charge < -0.3 is 9.80 Å². The molecule has 2 heteroatoms. The predicted octanol–water partition coefficient (Wildman–Crippen LogP) is 6.40. The van der Waals surface area contributed by atoms with Crippen LogP contribution in [0.25, 0.3) is 21.5 Å². The highest BCUT2D eigenvalue weighted by Gasteiger charge is 2.23. The molecule has 0 aromatic heterocycles. The average Bonchev–Trinajstić information content (AvgIpc) is 3.16. The van der Waals surface area contributed by atoms with Crippen LogP contribution in [-0.4, -0.2) is 0 Å². The molecule has 2 nitrogen and oxygen atoms in total. The number of anilines is 2. The van der Waals surface area contributed by atoms with Crippen molar-refractivity contribution in [1.82, 2.24) is 0 Å². The minimum absolute atomic E-state index is 1.18. The Kier molecular flexibility index (Phi) is 3.64. The summed E-state index contributed by atoms with van der Waals surface area (Å²) >= 11 is 0. The van der Waals surface area contributed by atoms with Crippen LogP contribution in [0.5, 0.6) is 0 Å². The summed E-state index contributed by atoms with van der Waals surface area (Å²) < 4.78 is 0. The van der Waals surface area contributed by atoms with E-state index in [0.29, 0.717) is 0 Å². The van der Waals surface area contributed by atoms with Crippen LogP contribution in [0.1, 0.15) is 11.1 Å². The highest BCUT2D eigenvalue weighted by Crippen LogP contribution is 2.38. The summed E-state index contributed by atoms with van der Waals surface area (Å²) in [6.07, 6.45) is 4.19. The minimum Gasteiger partial charge on any atom is -0.314 e. The third kappa shape index (κ3) is 2.57. The Labute approximate surface area is 160 Å². The van der Waals surface area contributed by atoms with Crippen molar-refractivity contribution in [3.63, 3.8) is 0 Å². The van der Waals surface area contributed by atoms with Crippen LogP contribution in [0, 0.1) is 20.5 Å². The van der Waals surface area contributed by atoms with E-state index >= 15 is 0 Å². The van der Waals surface area contributed by atoms with Crippen molar-refractivity contribution in [3.8, 4) is 0 Å². The van der Waals surface area contributed by atoms with E-state index in [-0.39, 0.29) is 0 Å². The number of hydrogen-bond acceptors (Lipinski definition) is 2. The Balaban J connectivity index is 1.59. The third-order valence-electron chi connectivity index (χ3n) is 5.27. The molecule has 0 atom stereocenters. The smallest absolute Gasteiger partial charge is 0.217 e. The summed E-state index contributed by atoms with van der Waals surface area (Å²) in [5, 5.41) is 4.97. The lowest BCUT2D eigenvalue weighted by atomic mass is 10.0. The van der Waals surface area contributed by atoms with Gasteiger partial charge in [0.05, 0.1) is 11.4 Å². The summed E-state index contributed by atoms with van der Waals surface area (Å²) in [4.78, 5) is 4.22. The summed E-state index contributed by atoms with van der Waals surface area (Å²) in [7, 11) is 0. The van der Waals surface area contributed by atoms with Gasteiger partial charge in [0.2, 0.25) is 6.67 Å². The summed E-state index contributed by atoms with van der Waals surface area (Å²) in [5.74, 6) is 0. The van der Waals surface area contributed by atoms with Gasteiger partial charge in [-0.25, -0.2) is 0 Å². The fourth-order valence-corrected chi connectivity index (χ4v) is 3.93. The van der Waals surface area contributed by atoms with Gasteiger partial charge >= 0.3 is 0 Å². The monoisotopic (exact) mass is 348 g/mol. The average molecular weight is 348 g/mol. The van der Waals surface area contributed by atoms with Gasteiger partial charge in [-0.2, -0.15) is 0 Å². The van der Waals surface area contributed by atoms with Crippen LogP contribution in [-0.2, 0) is 0 Å². The lowest BCUT2D eigenvalue weighted by Gasteiger charge is -2.24. The third-order valence-corrected chi connectivity index (χ3v) is 5.27. The summed E-state index contributed by atoms with van der Waals surface area (Å²) in [6.45, 7) is 7.86. The van der Waals surface area contributed by atoms with E-state index in [4.69, 9.17) is 0 Å². The number of rotatable bonds is 2. The van der Waals surface area contributed by atoms with Crippen molar-refractivity contribution in [3.05, 3.63) is 103 Å². The number of nitrogens with zero attached hydrogens (tertiary/aromatic N) is 2. The van der Waals surface area contributed by atoms with E-state index in [9.17, 15) is 0 Å². The molecule has 27 heavy (non-hydrogen) atoms. The topological polar surface area (TPSA) is 6.48 Å². The van der Waals surface area contributed by atoms with E-state index in [1.54, 1.807) is 0 Å². The lowest BCUT2D eigenvalue weighted by Crippen LogP contribution is -2.20. The van der Waals surface area contributed by atoms with Gasteiger partial charge in [0.25, 0.3) is 0 Å². The maximum absolute atomic E-state index is 3.55. The van der Waals surface area contributed by atoms with Gasteiger partial charge in [0, 0.05) is 23.2 Å². The van der Waals surface area contributed by atoms with Crippen molar-refractivity contribution in [2.45, 2.75) is 13.8 Å². The summed E-state index contributed by atoms with van der Waals surface area (Å²) in [5.41, 5.74) is 4.85. The number of benzene rings is 4. The normalized spacial score (nSPS) is 13.9. The number of aryl methyl sites for hydroxylation is 2. The van der Waals surface area contributed by atoms with Crippen LogP contribution in [0.15, 0.2) is 85.2 Å². The van der Waals surface area contributed by atoms with Crippen molar-refractivity contribution >= 4 is 32.9 Å². The maximum Gasteiger partial charge on any atom is 0.217 e. The maximum atomic E-state index is 3.55. The fourth-order valence-electron chi connectivity index (χ4n) is 3.93. The van der Waals surface area contributed by atoms with Crippen LogP contribution in [0.4, 0.5) is 11.4 Å². The first-order valence-electron chi connectivity index (χ1n) is 9.22. The van der Waals surface area contributed by atoms with Crippen molar-refractivity contribution in [1.29, 1.82) is 0 Å². The van der Waals surface area contributed by atoms with Gasteiger partial charge in [-0.15, -0.1) is 0 Å². The Morgan fingerprint density at radius 3 is 1.48 bits per heavy atom. The molecule has 130 valence electrons. The largest absolute Gasteiger partial charge is 0.314 e. The first kappa shape index (κ1) is 16.0. The minimum atomic E-state index is 1.18. The molecule has 0 N–H and O–H groups in total. The van der Waals surface area contributed by atoms with Crippen molar-refractivity contribution in [2.75, 3.05) is 9.80 Å². The zero-order chi connectivity index (χ0) is 18.4. The van der Waals surface area contributed by atoms with Crippen LogP contribution in [0.3, 0.4) is 0 Å². The first-order valence-corrected chi connectivity index (χ1v) is 9.22. The molecule has 0 saturated heterocycles. The van der Waals surface area contributed by atoms with E-state index in [1.165, 1.54) is 44.0 Å². The second kappa shape index (κ2) is 6.17.